The van der Waals surface area contributed by atoms with Gasteiger partial charge in [0.1, 0.15) is 11.6 Å². The molecule has 0 fully saturated rings. The van der Waals surface area contributed by atoms with Gasteiger partial charge in [0.05, 0.1) is 34.7 Å². The van der Waals surface area contributed by atoms with Gasteiger partial charge in [-0.3, -0.25) is 4.79 Å². The van der Waals surface area contributed by atoms with Gasteiger partial charge in [-0.15, -0.1) is 0 Å². The maximum absolute atomic E-state index is 12.9. The molecule has 2 atom stereocenters. The molecular formula is C19H12F2N4O2. The molecule has 0 radical (unpaired) electrons. The predicted octanol–water partition coefficient (Wildman–Crippen LogP) is 3.29. The van der Waals surface area contributed by atoms with Crippen molar-refractivity contribution in [1.29, 1.82) is 5.26 Å². The van der Waals surface area contributed by atoms with Crippen molar-refractivity contribution in [3.8, 4) is 11.8 Å². The van der Waals surface area contributed by atoms with Gasteiger partial charge in [0, 0.05) is 11.1 Å². The third kappa shape index (κ3) is 2.21. The van der Waals surface area contributed by atoms with E-state index in [9.17, 15) is 18.8 Å². The second-order valence-corrected chi connectivity index (χ2v) is 6.53. The van der Waals surface area contributed by atoms with Crippen molar-refractivity contribution >= 4 is 16.9 Å². The standard InChI is InChI=1S/C19H12F2N4O2/c20-19(21)27-15-3-1-2-10-16(15)14-7-12(24-18(10)26)17-23-11-5-4-9(8-22)6-13(11)25(14)17/h1-6,12,14,19H,7H2,(H,24,26)/t12-,14?/m0/s1. The molecule has 0 aliphatic carbocycles. The molecule has 2 aromatic carbocycles. The van der Waals surface area contributed by atoms with Crippen molar-refractivity contribution in [2.45, 2.75) is 25.1 Å². The normalized spacial score (nSPS) is 20.0. The summed E-state index contributed by atoms with van der Waals surface area (Å²) in [5.41, 5.74) is 2.61. The molecule has 1 N–H and O–H groups in total. The van der Waals surface area contributed by atoms with Crippen LogP contribution < -0.4 is 10.1 Å². The highest BCUT2D eigenvalue weighted by Gasteiger charge is 2.42. The average Bonchev–Trinajstić information content (AvgIpc) is 3.13. The third-order valence-electron chi connectivity index (χ3n) is 5.09. The second kappa shape index (κ2) is 5.51. The van der Waals surface area contributed by atoms with Crippen molar-refractivity contribution in [3.05, 3.63) is 58.9 Å². The van der Waals surface area contributed by atoms with Crippen LogP contribution in [-0.2, 0) is 0 Å². The van der Waals surface area contributed by atoms with E-state index in [1.54, 1.807) is 24.3 Å². The minimum atomic E-state index is -3.00. The van der Waals surface area contributed by atoms with Crippen molar-refractivity contribution < 1.29 is 18.3 Å². The van der Waals surface area contributed by atoms with Gasteiger partial charge < -0.3 is 14.6 Å². The Morgan fingerprint density at radius 3 is 2.96 bits per heavy atom. The monoisotopic (exact) mass is 366 g/mol. The zero-order valence-electron chi connectivity index (χ0n) is 13.8. The lowest BCUT2D eigenvalue weighted by Crippen LogP contribution is -2.28. The number of benzene rings is 2. The number of alkyl halides is 2. The maximum atomic E-state index is 12.9. The summed E-state index contributed by atoms with van der Waals surface area (Å²) in [7, 11) is 0. The van der Waals surface area contributed by atoms with Crippen LogP contribution in [-0.4, -0.2) is 22.1 Å². The summed E-state index contributed by atoms with van der Waals surface area (Å²) in [6.07, 6.45) is 0.484. The summed E-state index contributed by atoms with van der Waals surface area (Å²) in [6.45, 7) is -3.00. The molecule has 1 unspecified atom stereocenters. The van der Waals surface area contributed by atoms with E-state index < -0.39 is 12.7 Å². The largest absolute Gasteiger partial charge is 0.434 e. The van der Waals surface area contributed by atoms with Gasteiger partial charge in [0.25, 0.3) is 5.91 Å². The number of halogens is 2. The second-order valence-electron chi connectivity index (χ2n) is 6.53. The molecule has 0 saturated heterocycles. The number of imidazole rings is 1. The molecule has 2 aliphatic rings. The van der Waals surface area contributed by atoms with E-state index in [1.165, 1.54) is 12.1 Å². The molecule has 8 heteroatoms. The first-order chi connectivity index (χ1) is 13.1. The Hall–Kier alpha value is -3.47. The first-order valence-corrected chi connectivity index (χ1v) is 8.37. The van der Waals surface area contributed by atoms with Crippen LogP contribution in [0.4, 0.5) is 8.78 Å². The Balaban J connectivity index is 1.79. The zero-order chi connectivity index (χ0) is 18.7. The SMILES string of the molecule is N#Cc1ccc2nc3n(c2c1)C1C[C@@H]3NC(=O)c2cccc(OC(F)F)c21. The highest BCUT2D eigenvalue weighted by atomic mass is 19.3. The Morgan fingerprint density at radius 2 is 2.19 bits per heavy atom. The first kappa shape index (κ1) is 15.8. The molecule has 2 aliphatic heterocycles. The fourth-order valence-corrected chi connectivity index (χ4v) is 4.08. The number of carbonyl (C=O) groups is 1. The van der Waals surface area contributed by atoms with Gasteiger partial charge in [-0.05, 0) is 36.8 Å². The number of nitrogens with zero attached hydrogens (tertiary/aromatic N) is 3. The minimum Gasteiger partial charge on any atom is -0.434 e. The maximum Gasteiger partial charge on any atom is 0.387 e. The fraction of sp³-hybridized carbons (Fsp3) is 0.211. The molecule has 1 aromatic heterocycles. The smallest absolute Gasteiger partial charge is 0.387 e. The molecule has 27 heavy (non-hydrogen) atoms. The van der Waals surface area contributed by atoms with Crippen LogP contribution in [0.5, 0.6) is 5.75 Å². The van der Waals surface area contributed by atoms with Crippen LogP contribution in [0.3, 0.4) is 0 Å². The lowest BCUT2D eigenvalue weighted by Gasteiger charge is -2.21. The van der Waals surface area contributed by atoms with Gasteiger partial charge >= 0.3 is 6.61 Å². The Labute approximate surface area is 152 Å². The van der Waals surface area contributed by atoms with Gasteiger partial charge in [0.15, 0.2) is 0 Å². The summed E-state index contributed by atoms with van der Waals surface area (Å²) in [4.78, 5) is 17.2. The van der Waals surface area contributed by atoms with Crippen molar-refractivity contribution in [2.24, 2.45) is 0 Å². The van der Waals surface area contributed by atoms with Crippen LogP contribution in [0.1, 0.15) is 45.8 Å². The number of aromatic nitrogens is 2. The van der Waals surface area contributed by atoms with Gasteiger partial charge in [-0.2, -0.15) is 14.0 Å². The quantitative estimate of drug-likeness (QED) is 0.755. The van der Waals surface area contributed by atoms with Crippen LogP contribution in [0.2, 0.25) is 0 Å². The summed E-state index contributed by atoms with van der Waals surface area (Å²) >= 11 is 0. The topological polar surface area (TPSA) is 79.9 Å². The molecular weight excluding hydrogens is 354 g/mol. The van der Waals surface area contributed by atoms with E-state index in [0.717, 1.165) is 5.52 Å². The van der Waals surface area contributed by atoms with Gasteiger partial charge in [-0.1, -0.05) is 6.07 Å². The summed E-state index contributed by atoms with van der Waals surface area (Å²) < 4.78 is 32.5. The molecule has 3 heterocycles. The van der Waals surface area contributed by atoms with Crippen molar-refractivity contribution in [3.63, 3.8) is 0 Å². The first-order valence-electron chi connectivity index (χ1n) is 8.37. The number of hydrogen-bond acceptors (Lipinski definition) is 4. The molecule has 2 bridgehead atoms. The number of rotatable bonds is 2. The minimum absolute atomic E-state index is 0.0190. The van der Waals surface area contributed by atoms with E-state index in [4.69, 9.17) is 4.74 Å². The molecule has 5 rings (SSSR count). The zero-order valence-corrected chi connectivity index (χ0v) is 13.8. The number of carbonyl (C=O) groups excluding carboxylic acids is 1. The fourth-order valence-electron chi connectivity index (χ4n) is 4.08. The highest BCUT2D eigenvalue weighted by molar-refractivity contribution is 5.98. The Morgan fingerprint density at radius 1 is 1.33 bits per heavy atom. The van der Waals surface area contributed by atoms with Crippen LogP contribution >= 0.6 is 0 Å². The van der Waals surface area contributed by atoms with Crippen LogP contribution in [0.25, 0.3) is 11.0 Å². The van der Waals surface area contributed by atoms with Crippen molar-refractivity contribution in [1.82, 2.24) is 14.9 Å². The number of ether oxygens (including phenoxy) is 1. The third-order valence-corrected chi connectivity index (χ3v) is 5.09. The highest BCUT2D eigenvalue weighted by Crippen LogP contribution is 2.47. The Kier molecular flexibility index (Phi) is 3.22. The average molecular weight is 366 g/mol. The van der Waals surface area contributed by atoms with E-state index in [0.29, 0.717) is 34.5 Å². The van der Waals surface area contributed by atoms with E-state index in [2.05, 4.69) is 16.4 Å². The lowest BCUT2D eigenvalue weighted by atomic mass is 9.97. The number of fused-ring (bicyclic) bond motifs is 9. The van der Waals surface area contributed by atoms with Gasteiger partial charge in [-0.25, -0.2) is 4.98 Å². The lowest BCUT2D eigenvalue weighted by molar-refractivity contribution is -0.0507. The predicted molar refractivity (Wildman–Crippen MR) is 90.5 cm³/mol. The molecule has 134 valence electrons. The number of nitrogens with one attached hydrogen (secondary N) is 1. The van der Waals surface area contributed by atoms with Crippen LogP contribution in [0, 0.1) is 11.3 Å². The van der Waals surface area contributed by atoms with Gasteiger partial charge in [0.2, 0.25) is 0 Å². The number of amides is 1. The molecule has 6 nitrogen and oxygen atoms in total. The number of nitriles is 1. The van der Waals surface area contributed by atoms with Crippen LogP contribution in [0.15, 0.2) is 36.4 Å². The molecule has 0 saturated carbocycles. The summed E-state index contributed by atoms with van der Waals surface area (Å²) in [5, 5.41) is 12.1. The molecule has 0 spiro atoms. The summed E-state index contributed by atoms with van der Waals surface area (Å²) in [5.74, 6) is 0.290. The van der Waals surface area contributed by atoms with E-state index in [1.807, 2.05) is 4.57 Å². The molecule has 1 amide bonds. The van der Waals surface area contributed by atoms with E-state index in [-0.39, 0.29) is 17.7 Å². The molecule has 3 aromatic rings. The Bertz CT molecular complexity index is 1150. The van der Waals surface area contributed by atoms with E-state index >= 15 is 0 Å². The number of hydrogen-bond donors (Lipinski definition) is 1. The summed E-state index contributed by atoms with van der Waals surface area (Å²) in [6, 6.07) is 11.1. The van der Waals surface area contributed by atoms with Crippen molar-refractivity contribution in [2.75, 3.05) is 0 Å².